The Morgan fingerprint density at radius 3 is 2.79 bits per heavy atom. The molecule has 19 heavy (non-hydrogen) atoms. The van der Waals surface area contributed by atoms with Gasteiger partial charge in [-0.3, -0.25) is 0 Å². The first-order valence-corrected chi connectivity index (χ1v) is 8.69. The number of nitrogens with one attached hydrogen (secondary N) is 1. The summed E-state index contributed by atoms with van der Waals surface area (Å²) in [4.78, 5) is 0. The molecular formula is C17H24IN. The van der Waals surface area contributed by atoms with Gasteiger partial charge in [0.25, 0.3) is 0 Å². The van der Waals surface area contributed by atoms with Crippen LogP contribution in [0.1, 0.15) is 49.3 Å². The lowest BCUT2D eigenvalue weighted by Crippen LogP contribution is -2.23. The Hall–Kier alpha value is -0.0900. The third kappa shape index (κ3) is 2.71. The van der Waals surface area contributed by atoms with Crippen molar-refractivity contribution < 1.29 is 0 Å². The monoisotopic (exact) mass is 369 g/mol. The van der Waals surface area contributed by atoms with Crippen molar-refractivity contribution in [1.82, 2.24) is 5.32 Å². The third-order valence-corrected chi connectivity index (χ3v) is 6.84. The van der Waals surface area contributed by atoms with Crippen molar-refractivity contribution in [3.63, 3.8) is 0 Å². The molecule has 2 fully saturated rings. The standard InChI is InChI=1S/C17H24IN/c1-11-4-3-5-15(17(11)18)16(19-2)10-14-9-12-6-7-13(14)8-12/h3-5,12-14,16,19H,6-10H2,1-2H3. The minimum atomic E-state index is 0.538. The minimum absolute atomic E-state index is 0.538. The summed E-state index contributed by atoms with van der Waals surface area (Å²) in [6, 6.07) is 7.27. The molecule has 2 aliphatic rings. The van der Waals surface area contributed by atoms with Crippen molar-refractivity contribution in [2.45, 2.75) is 45.1 Å². The molecule has 2 bridgehead atoms. The van der Waals surface area contributed by atoms with E-state index in [-0.39, 0.29) is 0 Å². The van der Waals surface area contributed by atoms with Gasteiger partial charge in [-0.15, -0.1) is 0 Å². The van der Waals surface area contributed by atoms with Gasteiger partial charge in [0.1, 0.15) is 0 Å². The molecule has 3 rings (SSSR count). The third-order valence-electron chi connectivity index (χ3n) is 5.37. The topological polar surface area (TPSA) is 12.0 Å². The van der Waals surface area contributed by atoms with Crippen LogP contribution in [0.4, 0.5) is 0 Å². The van der Waals surface area contributed by atoms with Crippen LogP contribution in [0.25, 0.3) is 0 Å². The molecule has 4 atom stereocenters. The SMILES string of the molecule is CNC(CC1CC2CCC1C2)c1cccc(C)c1I. The highest BCUT2D eigenvalue weighted by Crippen LogP contribution is 2.51. The summed E-state index contributed by atoms with van der Waals surface area (Å²) in [5, 5.41) is 3.57. The Bertz CT molecular complexity index is 457. The minimum Gasteiger partial charge on any atom is -0.313 e. The first-order chi connectivity index (χ1) is 9.19. The van der Waals surface area contributed by atoms with Gasteiger partial charge < -0.3 is 5.32 Å². The highest BCUT2D eigenvalue weighted by atomic mass is 127. The molecule has 0 radical (unpaired) electrons. The molecule has 2 aliphatic carbocycles. The van der Waals surface area contributed by atoms with Crippen LogP contribution in [0.5, 0.6) is 0 Å². The molecule has 2 saturated carbocycles. The molecule has 0 amide bonds. The summed E-state index contributed by atoms with van der Waals surface area (Å²) in [6.45, 7) is 2.22. The van der Waals surface area contributed by atoms with Gasteiger partial charge in [0.05, 0.1) is 0 Å². The summed E-state index contributed by atoms with van der Waals surface area (Å²) in [5.74, 6) is 3.06. The number of hydrogen-bond acceptors (Lipinski definition) is 1. The zero-order chi connectivity index (χ0) is 13.4. The zero-order valence-electron chi connectivity index (χ0n) is 12.0. The Balaban J connectivity index is 1.75. The second-order valence-corrected chi connectivity index (χ2v) is 7.57. The van der Waals surface area contributed by atoms with Gasteiger partial charge in [-0.2, -0.15) is 0 Å². The smallest absolute Gasteiger partial charge is 0.0330 e. The number of aryl methyl sites for hydroxylation is 1. The zero-order valence-corrected chi connectivity index (χ0v) is 14.1. The van der Waals surface area contributed by atoms with Crippen LogP contribution < -0.4 is 5.32 Å². The van der Waals surface area contributed by atoms with E-state index in [9.17, 15) is 0 Å². The van der Waals surface area contributed by atoms with E-state index >= 15 is 0 Å². The molecule has 104 valence electrons. The summed E-state index contributed by atoms with van der Waals surface area (Å²) in [7, 11) is 2.12. The van der Waals surface area contributed by atoms with Crippen LogP contribution >= 0.6 is 22.6 Å². The number of rotatable bonds is 4. The largest absolute Gasteiger partial charge is 0.313 e. The molecule has 1 nitrogen and oxygen atoms in total. The number of hydrogen-bond donors (Lipinski definition) is 1. The lowest BCUT2D eigenvalue weighted by molar-refractivity contribution is 0.284. The molecule has 0 aliphatic heterocycles. The molecule has 0 aromatic heterocycles. The van der Waals surface area contributed by atoms with E-state index in [1.165, 1.54) is 46.8 Å². The fraction of sp³-hybridized carbons (Fsp3) is 0.647. The fourth-order valence-corrected chi connectivity index (χ4v) is 5.04. The van der Waals surface area contributed by atoms with Crippen LogP contribution in [0.3, 0.4) is 0 Å². The molecule has 0 spiro atoms. The van der Waals surface area contributed by atoms with Crippen molar-refractivity contribution in [2.75, 3.05) is 7.05 Å². The van der Waals surface area contributed by atoms with E-state index in [0.29, 0.717) is 6.04 Å². The van der Waals surface area contributed by atoms with Crippen LogP contribution in [0.2, 0.25) is 0 Å². The van der Waals surface area contributed by atoms with E-state index in [2.05, 4.69) is 60.1 Å². The maximum atomic E-state index is 3.57. The normalized spacial score (nSPS) is 30.8. The van der Waals surface area contributed by atoms with Crippen LogP contribution in [-0.4, -0.2) is 7.05 Å². The van der Waals surface area contributed by atoms with Crippen molar-refractivity contribution in [2.24, 2.45) is 17.8 Å². The van der Waals surface area contributed by atoms with Gasteiger partial charge in [-0.25, -0.2) is 0 Å². The van der Waals surface area contributed by atoms with Crippen molar-refractivity contribution in [3.8, 4) is 0 Å². The van der Waals surface area contributed by atoms with Crippen LogP contribution in [0, 0.1) is 28.2 Å². The maximum Gasteiger partial charge on any atom is 0.0330 e. The van der Waals surface area contributed by atoms with E-state index < -0.39 is 0 Å². The second-order valence-electron chi connectivity index (χ2n) is 6.49. The predicted octanol–water partition coefficient (Wildman–Crippen LogP) is 4.69. The highest BCUT2D eigenvalue weighted by molar-refractivity contribution is 14.1. The van der Waals surface area contributed by atoms with Crippen molar-refractivity contribution in [3.05, 3.63) is 32.9 Å². The molecule has 0 saturated heterocycles. The molecule has 1 aromatic carbocycles. The molecule has 1 N–H and O–H groups in total. The number of fused-ring (bicyclic) bond motifs is 2. The van der Waals surface area contributed by atoms with Crippen molar-refractivity contribution in [1.29, 1.82) is 0 Å². The van der Waals surface area contributed by atoms with E-state index in [0.717, 1.165) is 17.8 Å². The summed E-state index contributed by atoms with van der Waals surface area (Å²) < 4.78 is 1.45. The van der Waals surface area contributed by atoms with Gasteiger partial charge in [-0.1, -0.05) is 24.6 Å². The maximum absolute atomic E-state index is 3.57. The Morgan fingerprint density at radius 2 is 2.16 bits per heavy atom. The van der Waals surface area contributed by atoms with Gasteiger partial charge in [0, 0.05) is 9.61 Å². The van der Waals surface area contributed by atoms with Crippen LogP contribution in [-0.2, 0) is 0 Å². The van der Waals surface area contributed by atoms with E-state index in [1.54, 1.807) is 0 Å². The summed E-state index contributed by atoms with van der Waals surface area (Å²) in [5.41, 5.74) is 2.91. The summed E-state index contributed by atoms with van der Waals surface area (Å²) in [6.07, 6.45) is 7.35. The Labute approximate surface area is 130 Å². The van der Waals surface area contributed by atoms with E-state index in [1.807, 2.05) is 0 Å². The first-order valence-electron chi connectivity index (χ1n) is 7.61. The second kappa shape index (κ2) is 5.72. The Morgan fingerprint density at radius 1 is 1.32 bits per heavy atom. The highest BCUT2D eigenvalue weighted by Gasteiger charge is 2.40. The van der Waals surface area contributed by atoms with Gasteiger partial charge in [0.2, 0.25) is 0 Å². The number of benzene rings is 1. The molecule has 4 unspecified atom stereocenters. The molecule has 0 heterocycles. The fourth-order valence-electron chi connectivity index (χ4n) is 4.31. The predicted molar refractivity (Wildman–Crippen MR) is 89.3 cm³/mol. The number of halogens is 1. The van der Waals surface area contributed by atoms with Gasteiger partial charge >= 0.3 is 0 Å². The summed E-state index contributed by atoms with van der Waals surface area (Å²) >= 11 is 2.51. The van der Waals surface area contributed by atoms with Crippen molar-refractivity contribution >= 4 is 22.6 Å². The average molecular weight is 369 g/mol. The average Bonchev–Trinajstić information content (AvgIpc) is 3.02. The van der Waals surface area contributed by atoms with Crippen LogP contribution in [0.15, 0.2) is 18.2 Å². The van der Waals surface area contributed by atoms with E-state index in [4.69, 9.17) is 0 Å². The molecule has 2 heteroatoms. The lowest BCUT2D eigenvalue weighted by atomic mass is 9.82. The quantitative estimate of drug-likeness (QED) is 0.760. The lowest BCUT2D eigenvalue weighted by Gasteiger charge is -2.27. The Kier molecular flexibility index (Phi) is 4.18. The first kappa shape index (κ1) is 13.9. The molecular weight excluding hydrogens is 345 g/mol. The van der Waals surface area contributed by atoms with Gasteiger partial charge in [0.15, 0.2) is 0 Å². The van der Waals surface area contributed by atoms with Gasteiger partial charge in [-0.05, 0) is 91.1 Å². The molecule has 1 aromatic rings.